The number of halogens is 2. The van der Waals surface area contributed by atoms with Gasteiger partial charge in [-0.15, -0.1) is 0 Å². The summed E-state index contributed by atoms with van der Waals surface area (Å²) in [4.78, 5) is 26.7. The van der Waals surface area contributed by atoms with Gasteiger partial charge in [0.15, 0.2) is 17.2 Å². The molecule has 5 aromatic rings. The van der Waals surface area contributed by atoms with Gasteiger partial charge in [0.1, 0.15) is 17.7 Å². The van der Waals surface area contributed by atoms with E-state index in [0.717, 1.165) is 0 Å². The molecule has 156 valence electrons. The molecule has 0 fully saturated rings. The van der Waals surface area contributed by atoms with Crippen LogP contribution in [0.15, 0.2) is 52.3 Å². The molecule has 0 saturated heterocycles. The molecule has 0 aliphatic heterocycles. The summed E-state index contributed by atoms with van der Waals surface area (Å²) in [7, 11) is 0. The van der Waals surface area contributed by atoms with E-state index < -0.39 is 6.04 Å². The van der Waals surface area contributed by atoms with Crippen LogP contribution in [-0.2, 0) is 0 Å². The Labute approximate surface area is 185 Å². The van der Waals surface area contributed by atoms with E-state index in [0.29, 0.717) is 45.5 Å². The topological polar surface area (TPSA) is 115 Å². The van der Waals surface area contributed by atoms with Crippen LogP contribution in [0.4, 0.5) is 5.82 Å². The number of nitrogens with zero attached hydrogens (tertiary/aromatic N) is 5. The van der Waals surface area contributed by atoms with Crippen molar-refractivity contribution in [3.63, 3.8) is 0 Å². The maximum Gasteiger partial charge on any atom is 0.268 e. The molecule has 1 aromatic carbocycles. The molecule has 31 heavy (non-hydrogen) atoms. The fourth-order valence-electron chi connectivity index (χ4n) is 3.47. The van der Waals surface area contributed by atoms with E-state index in [4.69, 9.17) is 32.6 Å². The van der Waals surface area contributed by atoms with Crippen LogP contribution in [-0.4, -0.2) is 29.7 Å². The van der Waals surface area contributed by atoms with Crippen LogP contribution in [0.5, 0.6) is 0 Å². The molecule has 0 spiro atoms. The van der Waals surface area contributed by atoms with Gasteiger partial charge in [0.25, 0.3) is 5.56 Å². The smallest absolute Gasteiger partial charge is 0.268 e. The van der Waals surface area contributed by atoms with Gasteiger partial charge < -0.3 is 9.73 Å². The highest BCUT2D eigenvalue weighted by molar-refractivity contribution is 6.39. The van der Waals surface area contributed by atoms with Crippen LogP contribution in [0.3, 0.4) is 0 Å². The predicted octanol–water partition coefficient (Wildman–Crippen LogP) is 4.52. The van der Waals surface area contributed by atoms with Crippen molar-refractivity contribution in [3.05, 3.63) is 69.3 Å². The van der Waals surface area contributed by atoms with Crippen molar-refractivity contribution in [2.75, 3.05) is 5.32 Å². The molecule has 9 nitrogen and oxygen atoms in total. The zero-order valence-corrected chi connectivity index (χ0v) is 17.6. The fraction of sp³-hybridized carbons (Fsp3) is 0.150. The maximum atomic E-state index is 13.5. The van der Waals surface area contributed by atoms with Gasteiger partial charge in [0.2, 0.25) is 0 Å². The van der Waals surface area contributed by atoms with E-state index in [1.807, 2.05) is 6.92 Å². The Morgan fingerprint density at radius 3 is 2.81 bits per heavy atom. The van der Waals surface area contributed by atoms with Gasteiger partial charge in [-0.25, -0.2) is 19.5 Å². The van der Waals surface area contributed by atoms with E-state index in [1.165, 1.54) is 10.9 Å². The number of nitrogens with one attached hydrogen (secondary N) is 2. The van der Waals surface area contributed by atoms with Crippen LogP contribution in [0.25, 0.3) is 27.8 Å². The zero-order chi connectivity index (χ0) is 21.5. The lowest BCUT2D eigenvalue weighted by Crippen LogP contribution is -2.28. The molecule has 0 amide bonds. The Morgan fingerprint density at radius 2 is 2.03 bits per heavy atom. The molecule has 0 bridgehead atoms. The maximum absolute atomic E-state index is 13.5. The number of hydrogen-bond acceptors (Lipinski definition) is 7. The number of fused-ring (bicyclic) bond motifs is 2. The number of aromatic amines is 1. The van der Waals surface area contributed by atoms with Crippen molar-refractivity contribution in [2.24, 2.45) is 0 Å². The zero-order valence-electron chi connectivity index (χ0n) is 16.1. The van der Waals surface area contributed by atoms with E-state index in [2.05, 4.69) is 25.5 Å². The van der Waals surface area contributed by atoms with Crippen molar-refractivity contribution in [3.8, 4) is 5.82 Å². The summed E-state index contributed by atoms with van der Waals surface area (Å²) in [6.45, 7) is 1.96. The van der Waals surface area contributed by atoms with Gasteiger partial charge >= 0.3 is 0 Å². The summed E-state index contributed by atoms with van der Waals surface area (Å²) in [6.07, 6.45) is 5.19. The molecular formula is C20H15Cl2N7O2. The average Bonchev–Trinajstić information content (AvgIpc) is 3.46. The van der Waals surface area contributed by atoms with Crippen LogP contribution in [0, 0.1) is 0 Å². The minimum absolute atomic E-state index is 0.228. The average molecular weight is 456 g/mol. The lowest BCUT2D eigenvalue weighted by Gasteiger charge is -2.21. The van der Waals surface area contributed by atoms with Crippen LogP contribution in [0.1, 0.15) is 25.2 Å². The normalized spacial score (nSPS) is 12.5. The molecule has 0 aliphatic carbocycles. The van der Waals surface area contributed by atoms with E-state index in [9.17, 15) is 4.79 Å². The van der Waals surface area contributed by atoms with Crippen molar-refractivity contribution >= 4 is 51.0 Å². The highest BCUT2D eigenvalue weighted by atomic mass is 35.5. The van der Waals surface area contributed by atoms with Crippen molar-refractivity contribution < 1.29 is 4.42 Å². The second-order valence-corrected chi connectivity index (χ2v) is 7.57. The highest BCUT2D eigenvalue weighted by Gasteiger charge is 2.24. The third-order valence-corrected chi connectivity index (χ3v) is 5.56. The van der Waals surface area contributed by atoms with Gasteiger partial charge in [-0.05, 0) is 18.6 Å². The molecule has 0 aliphatic rings. The van der Waals surface area contributed by atoms with Crippen LogP contribution in [0.2, 0.25) is 10.0 Å². The quantitative estimate of drug-likeness (QED) is 0.400. The van der Waals surface area contributed by atoms with Crippen molar-refractivity contribution in [1.82, 2.24) is 29.7 Å². The number of aromatic nitrogens is 6. The van der Waals surface area contributed by atoms with Gasteiger partial charge in [-0.1, -0.05) is 30.1 Å². The van der Waals surface area contributed by atoms with E-state index in [-0.39, 0.29) is 16.0 Å². The molecule has 4 heterocycles. The number of furan rings is 1. The first-order valence-electron chi connectivity index (χ1n) is 9.44. The Balaban J connectivity index is 1.76. The first-order chi connectivity index (χ1) is 15.1. The fourth-order valence-corrected chi connectivity index (χ4v) is 3.91. The predicted molar refractivity (Wildman–Crippen MR) is 118 cm³/mol. The van der Waals surface area contributed by atoms with E-state index in [1.54, 1.807) is 36.7 Å². The number of hydrogen-bond donors (Lipinski definition) is 2. The Hall–Kier alpha value is -3.43. The van der Waals surface area contributed by atoms with Gasteiger partial charge in [0, 0.05) is 18.3 Å². The SMILES string of the molecule is CCC(Nc1ncnc2ccoc12)c1nc2c(Cl)ccc(Cl)c2c(=O)n1-c1cc[nH]n1. The van der Waals surface area contributed by atoms with Gasteiger partial charge in [-0.3, -0.25) is 9.89 Å². The minimum Gasteiger partial charge on any atom is -0.459 e. The lowest BCUT2D eigenvalue weighted by molar-refractivity contribution is 0.609. The summed E-state index contributed by atoms with van der Waals surface area (Å²) in [5.41, 5.74) is 1.13. The summed E-state index contributed by atoms with van der Waals surface area (Å²) >= 11 is 12.7. The number of H-pyrrole nitrogens is 1. The van der Waals surface area contributed by atoms with Crippen LogP contribution < -0.4 is 10.9 Å². The summed E-state index contributed by atoms with van der Waals surface area (Å²) in [5, 5.41) is 11.1. The Kier molecular flexibility index (Phi) is 4.84. The highest BCUT2D eigenvalue weighted by Crippen LogP contribution is 2.30. The second kappa shape index (κ2) is 7.68. The molecule has 0 radical (unpaired) electrons. The third kappa shape index (κ3) is 3.22. The molecule has 0 saturated carbocycles. The summed E-state index contributed by atoms with van der Waals surface area (Å²) in [5.74, 6) is 1.29. The molecular weight excluding hydrogens is 441 g/mol. The molecule has 5 rings (SSSR count). The monoisotopic (exact) mass is 455 g/mol. The van der Waals surface area contributed by atoms with Gasteiger partial charge in [-0.2, -0.15) is 5.10 Å². The Bertz CT molecular complexity index is 1460. The lowest BCUT2D eigenvalue weighted by atomic mass is 10.1. The van der Waals surface area contributed by atoms with E-state index >= 15 is 0 Å². The Morgan fingerprint density at radius 1 is 1.19 bits per heavy atom. The summed E-state index contributed by atoms with van der Waals surface area (Å²) in [6, 6.07) is 6.20. The first kappa shape index (κ1) is 19.5. The summed E-state index contributed by atoms with van der Waals surface area (Å²) < 4.78 is 6.95. The standard InChI is InChI=1S/C20H15Cl2N7O2/c1-2-12(26-18-17-13(6-8-31-17)23-9-24-18)19-27-16-11(22)4-3-10(21)15(16)20(30)29(19)14-5-7-25-28-14/h3-9,12H,2H2,1H3,(H,25,28)(H,23,24,26). The molecule has 4 aromatic heterocycles. The minimum atomic E-state index is -0.424. The van der Waals surface area contributed by atoms with Crippen molar-refractivity contribution in [1.29, 1.82) is 0 Å². The van der Waals surface area contributed by atoms with Crippen molar-refractivity contribution in [2.45, 2.75) is 19.4 Å². The first-order valence-corrected chi connectivity index (χ1v) is 10.2. The van der Waals surface area contributed by atoms with Crippen LogP contribution >= 0.6 is 23.2 Å². The third-order valence-electron chi connectivity index (χ3n) is 4.94. The molecule has 1 atom stereocenters. The molecule has 2 N–H and O–H groups in total. The molecule has 1 unspecified atom stereocenters. The molecule has 11 heteroatoms. The van der Waals surface area contributed by atoms with Gasteiger partial charge in [0.05, 0.1) is 33.3 Å². The number of rotatable bonds is 5. The number of anilines is 1. The number of benzene rings is 1. The second-order valence-electron chi connectivity index (χ2n) is 6.76. The largest absolute Gasteiger partial charge is 0.459 e.